The first-order valence-corrected chi connectivity index (χ1v) is 6.78. The molecule has 0 rings (SSSR count). The molecule has 0 saturated heterocycles. The fourth-order valence-electron chi connectivity index (χ4n) is 1.58. The Morgan fingerprint density at radius 2 is 2.06 bits per heavy atom. The first-order valence-electron chi connectivity index (χ1n) is 6.78. The second-order valence-corrected chi connectivity index (χ2v) is 5.01. The Bertz CT molecular complexity index is 222. The van der Waals surface area contributed by atoms with E-state index in [0.717, 1.165) is 25.1 Å². The van der Waals surface area contributed by atoms with E-state index in [1.807, 2.05) is 6.20 Å². The van der Waals surface area contributed by atoms with Gasteiger partial charge in [0.05, 0.1) is 5.70 Å². The number of nitrogens with zero attached hydrogens (tertiary/aromatic N) is 2. The summed E-state index contributed by atoms with van der Waals surface area (Å²) in [7, 11) is 0. The smallest absolute Gasteiger partial charge is 0.0569 e. The number of aliphatic imine (C=N–C) groups is 1. The molecule has 0 aromatic rings. The van der Waals surface area contributed by atoms with Crippen molar-refractivity contribution in [3.63, 3.8) is 0 Å². The Morgan fingerprint density at radius 3 is 2.59 bits per heavy atom. The van der Waals surface area contributed by atoms with Gasteiger partial charge in [0.25, 0.3) is 0 Å². The summed E-state index contributed by atoms with van der Waals surface area (Å²) in [5.74, 6) is 6.58. The van der Waals surface area contributed by atoms with Crippen molar-refractivity contribution in [2.24, 2.45) is 16.8 Å². The highest BCUT2D eigenvalue weighted by atomic mass is 15.4. The topological polar surface area (TPSA) is 41.6 Å². The van der Waals surface area contributed by atoms with Crippen LogP contribution >= 0.6 is 0 Å². The van der Waals surface area contributed by atoms with Gasteiger partial charge in [-0.05, 0) is 31.9 Å². The summed E-state index contributed by atoms with van der Waals surface area (Å²) >= 11 is 0. The highest BCUT2D eigenvalue weighted by Gasteiger charge is 2.00. The van der Waals surface area contributed by atoms with Crippen molar-refractivity contribution >= 4 is 6.72 Å². The third kappa shape index (κ3) is 10.1. The Kier molecular flexibility index (Phi) is 9.83. The molecular weight excluding hydrogens is 210 g/mol. The fraction of sp³-hybridized carbons (Fsp3) is 0.786. The molecule has 0 heterocycles. The lowest BCUT2D eigenvalue weighted by atomic mass is 10.1. The first kappa shape index (κ1) is 16.2. The van der Waals surface area contributed by atoms with Crippen LogP contribution in [0.1, 0.15) is 59.3 Å². The van der Waals surface area contributed by atoms with E-state index in [0.29, 0.717) is 5.92 Å². The van der Waals surface area contributed by atoms with Gasteiger partial charge in [-0.2, -0.15) is 0 Å². The zero-order valence-electron chi connectivity index (χ0n) is 11.8. The molecule has 0 aliphatic carbocycles. The van der Waals surface area contributed by atoms with E-state index in [9.17, 15) is 0 Å². The number of hydrogen-bond donors (Lipinski definition) is 1. The molecule has 0 aliphatic rings. The molecule has 0 spiro atoms. The van der Waals surface area contributed by atoms with Crippen LogP contribution in [0.25, 0.3) is 0 Å². The number of hydrogen-bond acceptors (Lipinski definition) is 3. The predicted molar refractivity (Wildman–Crippen MR) is 76.7 cm³/mol. The Labute approximate surface area is 107 Å². The number of nitrogens with two attached hydrogens (primary N) is 1. The molecule has 2 N–H and O–H groups in total. The Morgan fingerprint density at radius 1 is 1.35 bits per heavy atom. The lowest BCUT2D eigenvalue weighted by Gasteiger charge is -2.16. The summed E-state index contributed by atoms with van der Waals surface area (Å²) in [6.07, 6.45) is 9.02. The van der Waals surface area contributed by atoms with Gasteiger partial charge in [0.15, 0.2) is 0 Å². The zero-order chi connectivity index (χ0) is 13.1. The van der Waals surface area contributed by atoms with E-state index >= 15 is 0 Å². The van der Waals surface area contributed by atoms with Gasteiger partial charge >= 0.3 is 0 Å². The second-order valence-electron chi connectivity index (χ2n) is 5.01. The van der Waals surface area contributed by atoms with Crippen LogP contribution < -0.4 is 5.84 Å². The fourth-order valence-corrected chi connectivity index (χ4v) is 1.58. The van der Waals surface area contributed by atoms with Gasteiger partial charge in [0.2, 0.25) is 0 Å². The average molecular weight is 239 g/mol. The minimum absolute atomic E-state index is 0.680. The SMILES string of the molecule is C=N/C(=C\N(N)CCC(C)C)CCCCCC. The van der Waals surface area contributed by atoms with Crippen LogP contribution in [0, 0.1) is 5.92 Å². The molecule has 0 saturated carbocycles. The lowest BCUT2D eigenvalue weighted by molar-refractivity contribution is 0.354. The van der Waals surface area contributed by atoms with E-state index < -0.39 is 0 Å². The Hall–Kier alpha value is -0.830. The highest BCUT2D eigenvalue weighted by Crippen LogP contribution is 2.11. The van der Waals surface area contributed by atoms with Gasteiger partial charge < -0.3 is 5.01 Å². The molecule has 0 fully saturated rings. The molecule has 0 aromatic carbocycles. The standard InChI is InChI=1S/C14H29N3/c1-5-6-7-8-9-14(16-4)12-17(15)11-10-13(2)3/h12-13H,4-11,15H2,1-3H3/b14-12-. The van der Waals surface area contributed by atoms with Crippen molar-refractivity contribution < 1.29 is 0 Å². The molecule has 0 radical (unpaired) electrons. The maximum atomic E-state index is 5.90. The summed E-state index contributed by atoms with van der Waals surface area (Å²) in [5.41, 5.74) is 1.01. The summed E-state index contributed by atoms with van der Waals surface area (Å²) < 4.78 is 0. The third-order valence-electron chi connectivity index (χ3n) is 2.77. The normalized spacial score (nSPS) is 11.9. The van der Waals surface area contributed by atoms with E-state index in [1.165, 1.54) is 25.7 Å². The minimum Gasteiger partial charge on any atom is -0.316 e. The molecular formula is C14H29N3. The molecule has 0 aliphatic heterocycles. The van der Waals surface area contributed by atoms with E-state index in [4.69, 9.17) is 5.84 Å². The van der Waals surface area contributed by atoms with Crippen LogP contribution in [-0.2, 0) is 0 Å². The molecule has 0 atom stereocenters. The monoisotopic (exact) mass is 239 g/mol. The van der Waals surface area contributed by atoms with Gasteiger partial charge in [-0.25, -0.2) is 5.84 Å². The van der Waals surface area contributed by atoms with Crippen LogP contribution in [-0.4, -0.2) is 18.3 Å². The van der Waals surface area contributed by atoms with Gasteiger partial charge in [-0.15, -0.1) is 0 Å². The molecule has 0 aromatic heterocycles. The number of hydrazine groups is 1. The molecule has 3 heteroatoms. The molecule has 0 bridgehead atoms. The number of allylic oxidation sites excluding steroid dienone is 1. The summed E-state index contributed by atoms with van der Waals surface area (Å²) in [4.78, 5) is 4.04. The van der Waals surface area contributed by atoms with Crippen molar-refractivity contribution in [3.8, 4) is 0 Å². The van der Waals surface area contributed by atoms with Gasteiger partial charge in [-0.1, -0.05) is 40.0 Å². The van der Waals surface area contributed by atoms with Crippen molar-refractivity contribution in [2.45, 2.75) is 59.3 Å². The second kappa shape index (κ2) is 10.3. The number of rotatable bonds is 10. The summed E-state index contributed by atoms with van der Waals surface area (Å²) in [5, 5.41) is 1.74. The maximum absolute atomic E-state index is 5.90. The van der Waals surface area contributed by atoms with Crippen molar-refractivity contribution in [1.29, 1.82) is 0 Å². The average Bonchev–Trinajstić information content (AvgIpc) is 2.30. The maximum Gasteiger partial charge on any atom is 0.0569 e. The molecule has 0 amide bonds. The highest BCUT2D eigenvalue weighted by molar-refractivity contribution is 5.28. The summed E-state index contributed by atoms with van der Waals surface area (Å²) in [6.45, 7) is 11.1. The van der Waals surface area contributed by atoms with Crippen LogP contribution in [0.3, 0.4) is 0 Å². The van der Waals surface area contributed by atoms with Crippen molar-refractivity contribution in [3.05, 3.63) is 11.9 Å². The predicted octanol–water partition coefficient (Wildman–Crippen LogP) is 3.72. The van der Waals surface area contributed by atoms with Crippen LogP contribution in [0.5, 0.6) is 0 Å². The minimum atomic E-state index is 0.680. The van der Waals surface area contributed by atoms with Crippen LogP contribution in [0.2, 0.25) is 0 Å². The largest absolute Gasteiger partial charge is 0.316 e. The van der Waals surface area contributed by atoms with Gasteiger partial charge in [-0.3, -0.25) is 4.99 Å². The molecule has 100 valence electrons. The molecule has 17 heavy (non-hydrogen) atoms. The van der Waals surface area contributed by atoms with Crippen molar-refractivity contribution in [1.82, 2.24) is 5.01 Å². The molecule has 3 nitrogen and oxygen atoms in total. The zero-order valence-corrected chi connectivity index (χ0v) is 11.8. The lowest BCUT2D eigenvalue weighted by Crippen LogP contribution is -2.27. The third-order valence-corrected chi connectivity index (χ3v) is 2.77. The quantitative estimate of drug-likeness (QED) is 0.273. The molecule has 0 unspecified atom stereocenters. The first-order chi connectivity index (χ1) is 8.10. The van der Waals surface area contributed by atoms with Crippen molar-refractivity contribution in [2.75, 3.05) is 6.54 Å². The van der Waals surface area contributed by atoms with Crippen LogP contribution in [0.4, 0.5) is 0 Å². The van der Waals surface area contributed by atoms with Crippen LogP contribution in [0.15, 0.2) is 16.9 Å². The summed E-state index contributed by atoms with van der Waals surface area (Å²) in [6, 6.07) is 0. The number of unbranched alkanes of at least 4 members (excludes halogenated alkanes) is 3. The van der Waals surface area contributed by atoms with E-state index in [1.54, 1.807) is 5.01 Å². The van der Waals surface area contributed by atoms with Gasteiger partial charge in [0.1, 0.15) is 0 Å². The van der Waals surface area contributed by atoms with E-state index in [-0.39, 0.29) is 0 Å². The Balaban J connectivity index is 3.92. The van der Waals surface area contributed by atoms with Gasteiger partial charge in [0, 0.05) is 12.7 Å². The van der Waals surface area contributed by atoms with E-state index in [2.05, 4.69) is 32.5 Å².